The zero-order valence-corrected chi connectivity index (χ0v) is 20.5. The maximum absolute atomic E-state index is 12.4. The Hall–Kier alpha value is -4.79. The Morgan fingerprint density at radius 2 is 1.31 bits per heavy atom. The summed E-state index contributed by atoms with van der Waals surface area (Å²) in [4.78, 5) is 21.4. The summed E-state index contributed by atoms with van der Waals surface area (Å²) < 4.78 is 10.4. The topological polar surface area (TPSA) is 109 Å². The predicted molar refractivity (Wildman–Crippen MR) is 143 cm³/mol. The van der Waals surface area contributed by atoms with Crippen molar-refractivity contribution in [3.05, 3.63) is 84.1 Å². The van der Waals surface area contributed by atoms with E-state index in [9.17, 15) is 4.79 Å². The van der Waals surface area contributed by atoms with Crippen LogP contribution < -0.4 is 30.7 Å². The molecule has 4 rings (SSSR count). The highest BCUT2D eigenvalue weighted by Crippen LogP contribution is 2.23. The fraction of sp³-hybridized carbons (Fsp3) is 0.148. The molecule has 0 bridgehead atoms. The lowest BCUT2D eigenvalue weighted by Crippen LogP contribution is -2.19. The Kier molecular flexibility index (Phi) is 7.50. The minimum absolute atomic E-state index is 0.333. The molecule has 0 fully saturated rings. The summed E-state index contributed by atoms with van der Waals surface area (Å²) >= 11 is 0. The number of hydrogen-bond acceptors (Lipinski definition) is 7. The SMILES string of the molecule is COc1ccc(Nc2cc(C)nc(Nc3ccc(NC(=O)Nc4ccc(OC)cc4C)cc3)n2)cc1. The van der Waals surface area contributed by atoms with Crippen LogP contribution in [0.15, 0.2) is 72.8 Å². The highest BCUT2D eigenvalue weighted by Gasteiger charge is 2.08. The molecule has 9 nitrogen and oxygen atoms in total. The van der Waals surface area contributed by atoms with Crippen LogP contribution >= 0.6 is 0 Å². The van der Waals surface area contributed by atoms with Gasteiger partial charge < -0.3 is 30.7 Å². The normalized spacial score (nSPS) is 10.3. The smallest absolute Gasteiger partial charge is 0.323 e. The predicted octanol–water partition coefficient (Wildman–Crippen LogP) is 6.24. The van der Waals surface area contributed by atoms with Gasteiger partial charge in [-0.05, 0) is 86.1 Å². The van der Waals surface area contributed by atoms with Gasteiger partial charge in [0.05, 0.1) is 14.2 Å². The molecule has 4 aromatic rings. The molecule has 1 heterocycles. The zero-order valence-electron chi connectivity index (χ0n) is 20.5. The molecule has 9 heteroatoms. The largest absolute Gasteiger partial charge is 0.497 e. The molecule has 0 spiro atoms. The van der Waals surface area contributed by atoms with E-state index in [4.69, 9.17) is 9.47 Å². The van der Waals surface area contributed by atoms with Gasteiger partial charge in [-0.15, -0.1) is 0 Å². The van der Waals surface area contributed by atoms with E-state index in [1.165, 1.54) is 0 Å². The maximum atomic E-state index is 12.4. The van der Waals surface area contributed by atoms with Gasteiger partial charge in [-0.3, -0.25) is 0 Å². The first-order valence-electron chi connectivity index (χ1n) is 11.3. The fourth-order valence-electron chi connectivity index (χ4n) is 3.46. The molecular formula is C27H28N6O3. The van der Waals surface area contributed by atoms with E-state index in [2.05, 4.69) is 31.2 Å². The summed E-state index contributed by atoms with van der Waals surface area (Å²) in [6.07, 6.45) is 0. The molecule has 0 radical (unpaired) electrons. The standard InChI is InChI=1S/C27H28N6O3/c1-17-15-23(36-4)13-14-24(17)32-27(34)31-21-7-5-20(6-8-21)30-26-28-18(2)16-25(33-26)29-19-9-11-22(35-3)12-10-19/h5-16H,1-4H3,(H2,31,32,34)(H2,28,29,30,33). The monoisotopic (exact) mass is 484 g/mol. The van der Waals surface area contributed by atoms with E-state index in [1.54, 1.807) is 38.5 Å². The van der Waals surface area contributed by atoms with Crippen LogP contribution in [0, 0.1) is 13.8 Å². The summed E-state index contributed by atoms with van der Waals surface area (Å²) in [6, 6.07) is 21.9. The molecule has 36 heavy (non-hydrogen) atoms. The van der Waals surface area contributed by atoms with Crippen LogP contribution in [0.1, 0.15) is 11.3 Å². The van der Waals surface area contributed by atoms with Gasteiger partial charge >= 0.3 is 6.03 Å². The first-order chi connectivity index (χ1) is 17.4. The first-order valence-corrected chi connectivity index (χ1v) is 11.3. The third-order valence-electron chi connectivity index (χ3n) is 5.30. The van der Waals surface area contributed by atoms with E-state index in [1.807, 2.05) is 62.4 Å². The van der Waals surface area contributed by atoms with Gasteiger partial charge in [0.15, 0.2) is 0 Å². The molecule has 2 amide bonds. The summed E-state index contributed by atoms with van der Waals surface area (Å²) in [5.41, 5.74) is 4.75. The number of aryl methyl sites for hydroxylation is 2. The number of hydrogen-bond donors (Lipinski definition) is 4. The third kappa shape index (κ3) is 6.41. The van der Waals surface area contributed by atoms with Crippen LogP contribution in [0.25, 0.3) is 0 Å². The highest BCUT2D eigenvalue weighted by atomic mass is 16.5. The number of aromatic nitrogens is 2. The van der Waals surface area contributed by atoms with Gasteiger partial charge in [0.25, 0.3) is 0 Å². The lowest BCUT2D eigenvalue weighted by molar-refractivity contribution is 0.262. The third-order valence-corrected chi connectivity index (χ3v) is 5.30. The second kappa shape index (κ2) is 11.1. The molecular weight excluding hydrogens is 456 g/mol. The van der Waals surface area contributed by atoms with Crippen molar-refractivity contribution in [3.8, 4) is 11.5 Å². The molecule has 0 aliphatic heterocycles. The Labute approximate surface area is 209 Å². The zero-order chi connectivity index (χ0) is 25.5. The highest BCUT2D eigenvalue weighted by molar-refractivity contribution is 6.00. The maximum Gasteiger partial charge on any atom is 0.323 e. The van der Waals surface area contributed by atoms with E-state index in [0.717, 1.165) is 34.1 Å². The van der Waals surface area contributed by atoms with Gasteiger partial charge in [-0.25, -0.2) is 9.78 Å². The van der Waals surface area contributed by atoms with Gasteiger partial charge in [0.2, 0.25) is 5.95 Å². The van der Waals surface area contributed by atoms with Crippen LogP contribution in [0.5, 0.6) is 11.5 Å². The van der Waals surface area contributed by atoms with Crippen LogP contribution in [0.2, 0.25) is 0 Å². The van der Waals surface area contributed by atoms with E-state index < -0.39 is 0 Å². The Morgan fingerprint density at radius 1 is 0.694 bits per heavy atom. The van der Waals surface area contributed by atoms with Crippen LogP contribution in [0.4, 0.5) is 39.3 Å². The summed E-state index contributed by atoms with van der Waals surface area (Å²) in [7, 11) is 3.24. The number of carbonyl (C=O) groups is 1. The fourth-order valence-corrected chi connectivity index (χ4v) is 3.46. The van der Waals surface area contributed by atoms with Crippen LogP contribution in [-0.2, 0) is 0 Å². The lowest BCUT2D eigenvalue weighted by Gasteiger charge is -2.12. The van der Waals surface area contributed by atoms with Crippen molar-refractivity contribution >= 4 is 40.5 Å². The number of rotatable bonds is 8. The summed E-state index contributed by atoms with van der Waals surface area (Å²) in [5, 5.41) is 12.2. The van der Waals surface area contributed by atoms with Gasteiger partial charge in [0, 0.05) is 34.5 Å². The van der Waals surface area contributed by atoms with Crippen LogP contribution in [-0.4, -0.2) is 30.2 Å². The van der Waals surface area contributed by atoms with Crippen LogP contribution in [0.3, 0.4) is 0 Å². The molecule has 0 unspecified atom stereocenters. The van der Waals surface area contributed by atoms with E-state index >= 15 is 0 Å². The number of nitrogens with zero attached hydrogens (tertiary/aromatic N) is 2. The Balaban J connectivity index is 1.37. The molecule has 184 valence electrons. The summed E-state index contributed by atoms with van der Waals surface area (Å²) in [5.74, 6) is 2.65. The van der Waals surface area contributed by atoms with Gasteiger partial charge in [-0.1, -0.05) is 0 Å². The number of amides is 2. The van der Waals surface area contributed by atoms with Crippen molar-refractivity contribution in [2.24, 2.45) is 0 Å². The Bertz CT molecular complexity index is 1340. The average molecular weight is 485 g/mol. The van der Waals surface area contributed by atoms with Crippen molar-refractivity contribution in [1.29, 1.82) is 0 Å². The second-order valence-corrected chi connectivity index (χ2v) is 8.03. The molecule has 3 aromatic carbocycles. The van der Waals surface area contributed by atoms with Crippen molar-refractivity contribution in [2.75, 3.05) is 35.5 Å². The molecule has 0 saturated heterocycles. The molecule has 0 aliphatic rings. The van der Waals surface area contributed by atoms with Crippen molar-refractivity contribution in [1.82, 2.24) is 9.97 Å². The minimum Gasteiger partial charge on any atom is -0.497 e. The van der Waals surface area contributed by atoms with Crippen molar-refractivity contribution < 1.29 is 14.3 Å². The molecule has 0 aliphatic carbocycles. The van der Waals surface area contributed by atoms with E-state index in [0.29, 0.717) is 23.1 Å². The number of benzene rings is 3. The number of methoxy groups -OCH3 is 2. The van der Waals surface area contributed by atoms with Crippen molar-refractivity contribution in [2.45, 2.75) is 13.8 Å². The summed E-state index contributed by atoms with van der Waals surface area (Å²) in [6.45, 7) is 3.81. The number of nitrogens with one attached hydrogen (secondary N) is 4. The quantitative estimate of drug-likeness (QED) is 0.234. The Morgan fingerprint density at radius 3 is 1.97 bits per heavy atom. The van der Waals surface area contributed by atoms with Gasteiger partial charge in [-0.2, -0.15) is 4.98 Å². The first kappa shape index (κ1) is 24.3. The number of urea groups is 1. The molecule has 1 aromatic heterocycles. The van der Waals surface area contributed by atoms with Crippen molar-refractivity contribution in [3.63, 3.8) is 0 Å². The van der Waals surface area contributed by atoms with E-state index in [-0.39, 0.29) is 6.03 Å². The van der Waals surface area contributed by atoms with Gasteiger partial charge in [0.1, 0.15) is 17.3 Å². The average Bonchev–Trinajstić information content (AvgIpc) is 2.86. The molecule has 0 atom stereocenters. The number of anilines is 6. The molecule has 0 saturated carbocycles. The minimum atomic E-state index is -0.333. The number of ether oxygens (including phenoxy) is 2. The lowest BCUT2D eigenvalue weighted by atomic mass is 10.2. The number of carbonyl (C=O) groups excluding carboxylic acids is 1. The molecule has 4 N–H and O–H groups in total. The second-order valence-electron chi connectivity index (χ2n) is 8.03.